The Morgan fingerprint density at radius 2 is 2.00 bits per heavy atom. The lowest BCUT2D eigenvalue weighted by molar-refractivity contribution is -0.133. The Hall–Kier alpha value is -4.69. The zero-order chi connectivity index (χ0) is 25.1. The number of fused-ring (bicyclic) bond motifs is 1. The molecule has 11 heteroatoms. The van der Waals surface area contributed by atoms with E-state index in [0.717, 1.165) is 22.0 Å². The summed E-state index contributed by atoms with van der Waals surface area (Å²) in [6.45, 7) is 0. The van der Waals surface area contributed by atoms with E-state index in [0.29, 0.717) is 17.0 Å². The van der Waals surface area contributed by atoms with Gasteiger partial charge in [0.05, 0.1) is 37.4 Å². The summed E-state index contributed by atoms with van der Waals surface area (Å²) in [7, 11) is 2.72. The highest BCUT2D eigenvalue weighted by atomic mass is 32.1. The molecule has 35 heavy (non-hydrogen) atoms. The number of thiazole rings is 1. The van der Waals surface area contributed by atoms with Gasteiger partial charge in [-0.1, -0.05) is 6.07 Å². The third kappa shape index (κ3) is 4.30. The molecule has 1 aliphatic rings. The zero-order valence-electron chi connectivity index (χ0n) is 18.6. The number of methoxy groups -OCH3 is 2. The maximum absolute atomic E-state index is 13.7. The second-order valence-electron chi connectivity index (χ2n) is 7.31. The van der Waals surface area contributed by atoms with Crippen molar-refractivity contribution < 1.29 is 19.1 Å². The van der Waals surface area contributed by atoms with Gasteiger partial charge >= 0.3 is 5.97 Å². The van der Waals surface area contributed by atoms with Gasteiger partial charge in [-0.15, -0.1) is 11.3 Å². The first-order valence-corrected chi connectivity index (χ1v) is 11.0. The van der Waals surface area contributed by atoms with E-state index in [-0.39, 0.29) is 26.2 Å². The fraction of sp³-hybridized carbons (Fsp3) is 0.125. The number of rotatable bonds is 5. The van der Waals surface area contributed by atoms with E-state index in [1.807, 2.05) is 6.07 Å². The minimum Gasteiger partial charge on any atom is -0.497 e. The van der Waals surface area contributed by atoms with E-state index in [9.17, 15) is 19.6 Å². The molecule has 0 bridgehead atoms. The highest BCUT2D eigenvalue weighted by Gasteiger charge is 2.35. The number of amides is 1. The summed E-state index contributed by atoms with van der Waals surface area (Å²) >= 11 is 0.906. The predicted octanol–water partition coefficient (Wildman–Crippen LogP) is 0.505. The number of carbonyl (C=O) groups is 2. The number of hydrogen-bond acceptors (Lipinski definition) is 9. The molecule has 0 fully saturated rings. The lowest BCUT2D eigenvalue weighted by Gasteiger charge is -2.25. The predicted molar refractivity (Wildman–Crippen MR) is 129 cm³/mol. The monoisotopic (exact) mass is 489 g/mol. The molecule has 4 rings (SSSR count). The first kappa shape index (κ1) is 23.5. The van der Waals surface area contributed by atoms with Crippen LogP contribution in [0.4, 0.5) is 5.69 Å². The molecule has 3 heterocycles. The molecule has 1 aliphatic heterocycles. The Labute approximate surface area is 202 Å². The van der Waals surface area contributed by atoms with Gasteiger partial charge in [-0.05, 0) is 35.9 Å². The van der Waals surface area contributed by atoms with Crippen LogP contribution < -0.4 is 30.5 Å². The van der Waals surface area contributed by atoms with Crippen molar-refractivity contribution >= 4 is 46.4 Å². The molecule has 1 atom stereocenters. The molecule has 0 aliphatic carbocycles. The number of allylic oxidation sites excluding steroid dienone is 1. The van der Waals surface area contributed by atoms with Crippen molar-refractivity contribution in [1.29, 1.82) is 5.26 Å². The van der Waals surface area contributed by atoms with Crippen LogP contribution in [0, 0.1) is 11.3 Å². The molecule has 176 valence electrons. The third-order valence-corrected chi connectivity index (χ3v) is 6.44. The first-order chi connectivity index (χ1) is 16.9. The Bertz CT molecular complexity index is 1560. The number of aromatic nitrogens is 2. The molecule has 0 saturated carbocycles. The number of nitriles is 1. The number of pyridine rings is 1. The zero-order valence-corrected chi connectivity index (χ0v) is 19.5. The molecule has 3 aromatic rings. The second-order valence-corrected chi connectivity index (χ2v) is 8.34. The van der Waals surface area contributed by atoms with Crippen LogP contribution in [0.15, 0.2) is 59.2 Å². The number of hydrogen-bond donors (Lipinski definition) is 2. The maximum Gasteiger partial charge on any atom is 0.332 e. The fourth-order valence-corrected chi connectivity index (χ4v) is 4.82. The van der Waals surface area contributed by atoms with Gasteiger partial charge in [0.1, 0.15) is 20.8 Å². The summed E-state index contributed by atoms with van der Waals surface area (Å²) < 4.78 is 11.1. The summed E-state index contributed by atoms with van der Waals surface area (Å²) in [6, 6.07) is 12.1. The fourth-order valence-electron chi connectivity index (χ4n) is 3.69. The summed E-state index contributed by atoms with van der Waals surface area (Å²) in [6.07, 6.45) is 4.11. The van der Waals surface area contributed by atoms with Gasteiger partial charge in [-0.2, -0.15) is 5.26 Å². The van der Waals surface area contributed by atoms with Gasteiger partial charge in [-0.3, -0.25) is 19.1 Å². The Morgan fingerprint density at radius 1 is 1.26 bits per heavy atom. The lowest BCUT2D eigenvalue weighted by Crippen LogP contribution is -2.40. The minimum atomic E-state index is -0.893. The molecule has 0 spiro atoms. The SMILES string of the molecule is COC(=O)/C=c1\sc2n(c1=O)C(N)=C(C#N)C(c1cccnc1)C=2C(=O)Nc1ccc(OC)cc1. The molecule has 2 aromatic heterocycles. The van der Waals surface area contributed by atoms with Crippen LogP contribution in [0.1, 0.15) is 11.5 Å². The largest absolute Gasteiger partial charge is 0.497 e. The standard InChI is InChI=1S/C24H19N5O5S/c1-33-15-7-5-14(6-8-15)28-22(31)20-19(13-4-3-9-27-12-13)16(11-25)21(26)29-23(32)17(35-24(20)29)10-18(30)34-2/h3-10,12,19H,26H2,1-2H3,(H,28,31)/b17-10-. The van der Waals surface area contributed by atoms with Crippen LogP contribution in [0.3, 0.4) is 0 Å². The Morgan fingerprint density at radius 3 is 2.60 bits per heavy atom. The molecule has 0 saturated heterocycles. The molecule has 0 radical (unpaired) electrons. The number of nitrogens with two attached hydrogens (primary N) is 1. The molecule has 1 unspecified atom stereocenters. The molecule has 1 aromatic carbocycles. The Balaban J connectivity index is 2.00. The van der Waals surface area contributed by atoms with Crippen molar-refractivity contribution in [1.82, 2.24) is 9.55 Å². The van der Waals surface area contributed by atoms with Crippen LogP contribution in [-0.2, 0) is 14.3 Å². The van der Waals surface area contributed by atoms with E-state index in [1.54, 1.807) is 42.6 Å². The van der Waals surface area contributed by atoms with Crippen LogP contribution in [0.25, 0.3) is 17.5 Å². The second kappa shape index (κ2) is 9.66. The number of esters is 1. The van der Waals surface area contributed by atoms with Crippen LogP contribution in [-0.4, -0.2) is 35.6 Å². The summed E-state index contributed by atoms with van der Waals surface area (Å²) in [5, 5.41) is 12.8. The average Bonchev–Trinajstić information content (AvgIpc) is 3.20. The van der Waals surface area contributed by atoms with E-state index in [4.69, 9.17) is 10.5 Å². The molecule has 1 amide bonds. The third-order valence-electron chi connectivity index (χ3n) is 5.33. The number of ether oxygens (including phenoxy) is 2. The van der Waals surface area contributed by atoms with E-state index < -0.39 is 23.4 Å². The maximum atomic E-state index is 13.7. The molecule has 3 N–H and O–H groups in total. The number of anilines is 1. The van der Waals surface area contributed by atoms with Crippen molar-refractivity contribution in [3.8, 4) is 11.8 Å². The number of nitrogens with zero attached hydrogens (tertiary/aromatic N) is 3. The summed E-state index contributed by atoms with van der Waals surface area (Å²) in [4.78, 5) is 42.7. The molecular weight excluding hydrogens is 470 g/mol. The van der Waals surface area contributed by atoms with Crippen LogP contribution in [0.5, 0.6) is 5.75 Å². The topological polar surface area (TPSA) is 149 Å². The van der Waals surface area contributed by atoms with Crippen molar-refractivity contribution in [2.24, 2.45) is 5.73 Å². The Kier molecular flexibility index (Phi) is 6.48. The number of benzene rings is 1. The summed E-state index contributed by atoms with van der Waals surface area (Å²) in [5.41, 5.74) is 6.77. The van der Waals surface area contributed by atoms with Crippen LogP contribution in [0.2, 0.25) is 0 Å². The van der Waals surface area contributed by atoms with Gasteiger partial charge in [-0.25, -0.2) is 4.79 Å². The van der Waals surface area contributed by atoms with Crippen molar-refractivity contribution in [3.05, 3.63) is 79.5 Å². The van der Waals surface area contributed by atoms with Gasteiger partial charge in [0.25, 0.3) is 11.5 Å². The molecule has 10 nitrogen and oxygen atoms in total. The van der Waals surface area contributed by atoms with E-state index in [1.165, 1.54) is 20.4 Å². The highest BCUT2D eigenvalue weighted by Crippen LogP contribution is 2.36. The average molecular weight is 490 g/mol. The van der Waals surface area contributed by atoms with Crippen molar-refractivity contribution in [2.45, 2.75) is 5.92 Å². The van der Waals surface area contributed by atoms with Gasteiger partial charge in [0.2, 0.25) is 0 Å². The van der Waals surface area contributed by atoms with Crippen molar-refractivity contribution in [3.63, 3.8) is 0 Å². The lowest BCUT2D eigenvalue weighted by atomic mass is 9.84. The van der Waals surface area contributed by atoms with Crippen molar-refractivity contribution in [2.75, 3.05) is 19.5 Å². The summed E-state index contributed by atoms with van der Waals surface area (Å²) in [5.74, 6) is -1.69. The molecular formula is C24H19N5O5S. The van der Waals surface area contributed by atoms with E-state index in [2.05, 4.69) is 15.0 Å². The quantitative estimate of drug-likeness (QED) is 0.492. The van der Waals surface area contributed by atoms with Crippen LogP contribution >= 0.6 is 11.3 Å². The highest BCUT2D eigenvalue weighted by molar-refractivity contribution is 7.07. The first-order valence-electron chi connectivity index (χ1n) is 10.2. The normalized spacial score (nSPS) is 15.3. The van der Waals surface area contributed by atoms with Gasteiger partial charge < -0.3 is 20.5 Å². The smallest absolute Gasteiger partial charge is 0.332 e. The van der Waals surface area contributed by atoms with Gasteiger partial charge in [0, 0.05) is 24.2 Å². The van der Waals surface area contributed by atoms with E-state index >= 15 is 0 Å². The minimum absolute atomic E-state index is 0.00803. The number of carbonyl (C=O) groups excluding carboxylic acids is 2. The number of nitrogens with one attached hydrogen (secondary N) is 1. The van der Waals surface area contributed by atoms with Gasteiger partial charge in [0.15, 0.2) is 0 Å².